The number of aromatic carboxylic acids is 1. The number of rotatable bonds is 1. The van der Waals surface area contributed by atoms with Gasteiger partial charge in [-0.1, -0.05) is 0 Å². The van der Waals surface area contributed by atoms with Crippen molar-refractivity contribution in [3.63, 3.8) is 0 Å². The maximum Gasteiger partial charge on any atom is 0.338 e. The predicted molar refractivity (Wildman–Crippen MR) is 51.7 cm³/mol. The molecule has 0 atom stereocenters. The molecule has 0 heterocycles. The lowest BCUT2D eigenvalue weighted by molar-refractivity contribution is 0.0697. The number of carboxylic acids is 1. The van der Waals surface area contributed by atoms with E-state index in [4.69, 9.17) is 16.6 Å². The van der Waals surface area contributed by atoms with Crippen molar-refractivity contribution in [1.29, 1.82) is 0 Å². The van der Waals surface area contributed by atoms with E-state index in [1.165, 1.54) is 6.07 Å². The molecule has 13 heavy (non-hydrogen) atoms. The van der Waals surface area contributed by atoms with Gasteiger partial charge in [0, 0.05) is 11.4 Å². The number of benzene rings is 1. The zero-order valence-corrected chi connectivity index (χ0v) is 7.59. The molecule has 1 aromatic rings. The summed E-state index contributed by atoms with van der Waals surface area (Å²) >= 11 is 0. The monoisotopic (exact) mass is 180 g/mol. The molecule has 0 spiro atoms. The largest absolute Gasteiger partial charge is 0.478 e. The molecule has 0 unspecified atom stereocenters. The van der Waals surface area contributed by atoms with Crippen molar-refractivity contribution in [3.8, 4) is 0 Å². The van der Waals surface area contributed by atoms with Crippen LogP contribution in [-0.2, 0) is 0 Å². The van der Waals surface area contributed by atoms with E-state index in [-0.39, 0.29) is 11.3 Å². The number of hydrogen-bond acceptors (Lipinski definition) is 3. The van der Waals surface area contributed by atoms with Crippen LogP contribution in [0.3, 0.4) is 0 Å². The third-order valence-electron chi connectivity index (χ3n) is 2.18. The first-order valence-electron chi connectivity index (χ1n) is 3.83. The molecular weight excluding hydrogens is 168 g/mol. The molecule has 5 N–H and O–H groups in total. The Morgan fingerprint density at radius 1 is 1.23 bits per heavy atom. The number of nitrogens with two attached hydrogens (primary N) is 2. The van der Waals surface area contributed by atoms with Crippen LogP contribution in [0.25, 0.3) is 0 Å². The van der Waals surface area contributed by atoms with Crippen molar-refractivity contribution in [3.05, 3.63) is 22.8 Å². The van der Waals surface area contributed by atoms with Crippen LogP contribution in [0.4, 0.5) is 11.4 Å². The zero-order valence-electron chi connectivity index (χ0n) is 7.59. The van der Waals surface area contributed by atoms with Crippen molar-refractivity contribution in [2.75, 3.05) is 11.5 Å². The Hall–Kier alpha value is -1.71. The molecule has 70 valence electrons. The summed E-state index contributed by atoms with van der Waals surface area (Å²) in [5, 5.41) is 8.84. The van der Waals surface area contributed by atoms with Crippen molar-refractivity contribution in [2.24, 2.45) is 0 Å². The molecule has 0 saturated heterocycles. The van der Waals surface area contributed by atoms with E-state index in [1.807, 2.05) is 0 Å². The van der Waals surface area contributed by atoms with Crippen LogP contribution in [0.15, 0.2) is 6.07 Å². The van der Waals surface area contributed by atoms with Gasteiger partial charge in [-0.25, -0.2) is 4.79 Å². The summed E-state index contributed by atoms with van der Waals surface area (Å²) in [6.07, 6.45) is 0. The van der Waals surface area contributed by atoms with Gasteiger partial charge in [0.25, 0.3) is 0 Å². The molecule has 0 aliphatic heterocycles. The highest BCUT2D eigenvalue weighted by Crippen LogP contribution is 2.25. The second-order valence-electron chi connectivity index (χ2n) is 2.99. The van der Waals surface area contributed by atoms with E-state index in [0.717, 1.165) is 5.56 Å². The zero-order chi connectivity index (χ0) is 10.2. The normalized spacial score (nSPS) is 10.0. The maximum atomic E-state index is 10.8. The van der Waals surface area contributed by atoms with Crippen LogP contribution >= 0.6 is 0 Å². The predicted octanol–water partition coefficient (Wildman–Crippen LogP) is 1.17. The number of carbonyl (C=O) groups is 1. The fourth-order valence-electron chi connectivity index (χ4n) is 1.25. The first-order chi connectivity index (χ1) is 5.95. The molecule has 4 heteroatoms. The van der Waals surface area contributed by atoms with E-state index in [1.54, 1.807) is 13.8 Å². The number of carboxylic acid groups (broad SMARTS) is 1. The van der Waals surface area contributed by atoms with E-state index < -0.39 is 5.97 Å². The quantitative estimate of drug-likeness (QED) is 0.566. The third kappa shape index (κ3) is 1.42. The van der Waals surface area contributed by atoms with E-state index in [9.17, 15) is 4.79 Å². The molecule has 4 nitrogen and oxygen atoms in total. The lowest BCUT2D eigenvalue weighted by Gasteiger charge is -2.10. The molecule has 0 radical (unpaired) electrons. The van der Waals surface area contributed by atoms with Gasteiger partial charge in [0.15, 0.2) is 0 Å². The molecule has 0 fully saturated rings. The standard InChI is InChI=1S/C9H12N2O2/c1-4-5(2)8(9(12)13)7(11)3-6(4)10/h3H,10-11H2,1-2H3,(H,12,13). The summed E-state index contributed by atoms with van der Waals surface area (Å²) in [7, 11) is 0. The Bertz CT molecular complexity index is 372. The van der Waals surface area contributed by atoms with E-state index in [0.29, 0.717) is 11.3 Å². The lowest BCUT2D eigenvalue weighted by Crippen LogP contribution is -2.08. The molecule has 0 aliphatic rings. The minimum Gasteiger partial charge on any atom is -0.478 e. The smallest absolute Gasteiger partial charge is 0.338 e. The van der Waals surface area contributed by atoms with Crippen molar-refractivity contribution in [1.82, 2.24) is 0 Å². The average molecular weight is 180 g/mol. The summed E-state index contributed by atoms with van der Waals surface area (Å²) in [6.45, 7) is 3.47. The molecular formula is C9H12N2O2. The minimum atomic E-state index is -1.02. The fraction of sp³-hybridized carbons (Fsp3) is 0.222. The Balaban J connectivity index is 3.53. The molecule has 0 amide bonds. The van der Waals surface area contributed by atoms with Gasteiger partial charge in [-0.2, -0.15) is 0 Å². The van der Waals surface area contributed by atoms with Crippen LogP contribution in [0.1, 0.15) is 21.5 Å². The minimum absolute atomic E-state index is 0.145. The molecule has 0 aliphatic carbocycles. The van der Waals surface area contributed by atoms with Gasteiger partial charge < -0.3 is 16.6 Å². The molecule has 0 saturated carbocycles. The second-order valence-corrected chi connectivity index (χ2v) is 2.99. The fourth-order valence-corrected chi connectivity index (χ4v) is 1.25. The van der Waals surface area contributed by atoms with Gasteiger partial charge in [0.1, 0.15) is 0 Å². The number of anilines is 2. The van der Waals surface area contributed by atoms with Crippen LogP contribution in [0, 0.1) is 13.8 Å². The van der Waals surface area contributed by atoms with Crippen molar-refractivity contribution >= 4 is 17.3 Å². The SMILES string of the molecule is Cc1c(N)cc(N)c(C(=O)O)c1C. The number of nitrogen functional groups attached to an aromatic ring is 2. The Morgan fingerprint density at radius 2 is 1.77 bits per heavy atom. The third-order valence-corrected chi connectivity index (χ3v) is 2.18. The van der Waals surface area contributed by atoms with Gasteiger partial charge >= 0.3 is 5.97 Å². The maximum absolute atomic E-state index is 10.8. The highest BCUT2D eigenvalue weighted by molar-refractivity contribution is 5.96. The second kappa shape index (κ2) is 2.97. The number of hydrogen-bond donors (Lipinski definition) is 3. The van der Waals surface area contributed by atoms with Gasteiger partial charge in [-0.3, -0.25) is 0 Å². The van der Waals surface area contributed by atoms with Crippen LogP contribution in [0.2, 0.25) is 0 Å². The molecule has 0 bridgehead atoms. The summed E-state index contributed by atoms with van der Waals surface area (Å²) in [5.41, 5.74) is 13.4. The van der Waals surface area contributed by atoms with Gasteiger partial charge in [0.05, 0.1) is 5.56 Å². The van der Waals surface area contributed by atoms with Crippen LogP contribution in [-0.4, -0.2) is 11.1 Å². The van der Waals surface area contributed by atoms with Gasteiger partial charge in [-0.05, 0) is 31.0 Å². The van der Waals surface area contributed by atoms with Crippen LogP contribution in [0.5, 0.6) is 0 Å². The van der Waals surface area contributed by atoms with Crippen molar-refractivity contribution < 1.29 is 9.90 Å². The Morgan fingerprint density at radius 3 is 2.23 bits per heavy atom. The van der Waals surface area contributed by atoms with E-state index >= 15 is 0 Å². The first kappa shape index (κ1) is 9.38. The average Bonchev–Trinajstić information content (AvgIpc) is 1.99. The van der Waals surface area contributed by atoms with Gasteiger partial charge in [-0.15, -0.1) is 0 Å². The lowest BCUT2D eigenvalue weighted by atomic mass is 10.00. The summed E-state index contributed by atoms with van der Waals surface area (Å²) < 4.78 is 0. The highest BCUT2D eigenvalue weighted by atomic mass is 16.4. The summed E-state index contributed by atoms with van der Waals surface area (Å²) in [6, 6.07) is 1.48. The Kier molecular flexibility index (Phi) is 2.14. The molecule has 0 aromatic heterocycles. The van der Waals surface area contributed by atoms with E-state index in [2.05, 4.69) is 0 Å². The Labute approximate surface area is 76.2 Å². The summed E-state index contributed by atoms with van der Waals surface area (Å²) in [5.74, 6) is -1.02. The van der Waals surface area contributed by atoms with Crippen LogP contribution < -0.4 is 11.5 Å². The van der Waals surface area contributed by atoms with Gasteiger partial charge in [0.2, 0.25) is 0 Å². The molecule has 1 rings (SSSR count). The first-order valence-corrected chi connectivity index (χ1v) is 3.83. The summed E-state index contributed by atoms with van der Waals surface area (Å²) in [4.78, 5) is 10.8. The highest BCUT2D eigenvalue weighted by Gasteiger charge is 2.14. The van der Waals surface area contributed by atoms with Crippen molar-refractivity contribution in [2.45, 2.75) is 13.8 Å². The molecule has 1 aromatic carbocycles. The topological polar surface area (TPSA) is 89.3 Å².